The molecule has 1 atom stereocenters. The molecule has 0 amide bonds. The van der Waals surface area contributed by atoms with E-state index in [4.69, 9.17) is 5.73 Å². The first-order valence-corrected chi connectivity index (χ1v) is 7.73. The van der Waals surface area contributed by atoms with Crippen LogP contribution in [-0.4, -0.2) is 9.38 Å². The molecule has 0 aliphatic carbocycles. The smallest absolute Gasteiger partial charge is 0.193 e. The zero-order valence-corrected chi connectivity index (χ0v) is 12.9. The Hall–Kier alpha value is -1.17. The van der Waals surface area contributed by atoms with E-state index >= 15 is 0 Å². The van der Waals surface area contributed by atoms with E-state index < -0.39 is 0 Å². The Morgan fingerprint density at radius 2 is 2.32 bits per heavy atom. The van der Waals surface area contributed by atoms with Crippen molar-refractivity contribution in [2.24, 2.45) is 5.73 Å². The van der Waals surface area contributed by atoms with Crippen LogP contribution in [0.25, 0.3) is 4.96 Å². The van der Waals surface area contributed by atoms with Gasteiger partial charge in [0.05, 0.1) is 5.69 Å². The minimum absolute atomic E-state index is 0.0427. The Labute approximate surface area is 124 Å². The molecule has 1 unspecified atom stereocenters. The molecule has 2 heterocycles. The molecule has 19 heavy (non-hydrogen) atoms. The number of nitrogens with two attached hydrogens (primary N) is 1. The van der Waals surface area contributed by atoms with E-state index in [1.54, 1.807) is 11.3 Å². The number of aryl methyl sites for hydroxylation is 1. The summed E-state index contributed by atoms with van der Waals surface area (Å²) in [5.41, 5.74) is 9.70. The van der Waals surface area contributed by atoms with Crippen molar-refractivity contribution < 1.29 is 0 Å². The Morgan fingerprint density at radius 1 is 1.47 bits per heavy atom. The SMILES string of the molecule is Cc1ccc(Br)c(C(N)Cc2cn3ccsc3n2)c1. The van der Waals surface area contributed by atoms with Gasteiger partial charge in [0.2, 0.25) is 0 Å². The Morgan fingerprint density at radius 3 is 3.11 bits per heavy atom. The van der Waals surface area contributed by atoms with Gasteiger partial charge < -0.3 is 5.73 Å². The summed E-state index contributed by atoms with van der Waals surface area (Å²) in [6.45, 7) is 2.08. The predicted octanol–water partition coefficient (Wildman–Crippen LogP) is 3.71. The van der Waals surface area contributed by atoms with E-state index in [1.165, 1.54) is 5.56 Å². The fourth-order valence-electron chi connectivity index (χ4n) is 2.16. The summed E-state index contributed by atoms with van der Waals surface area (Å²) in [7, 11) is 0. The van der Waals surface area contributed by atoms with E-state index in [0.29, 0.717) is 0 Å². The minimum Gasteiger partial charge on any atom is -0.324 e. The summed E-state index contributed by atoms with van der Waals surface area (Å²) < 4.78 is 3.10. The summed E-state index contributed by atoms with van der Waals surface area (Å²) in [6.07, 6.45) is 4.82. The van der Waals surface area contributed by atoms with Crippen molar-refractivity contribution in [3.05, 3.63) is 57.3 Å². The Balaban J connectivity index is 1.86. The van der Waals surface area contributed by atoms with Crippen molar-refractivity contribution >= 4 is 32.2 Å². The monoisotopic (exact) mass is 335 g/mol. The molecule has 0 bridgehead atoms. The molecule has 3 aromatic rings. The topological polar surface area (TPSA) is 43.3 Å². The number of thiazole rings is 1. The molecule has 2 N–H and O–H groups in total. The molecule has 3 rings (SSSR count). The highest BCUT2D eigenvalue weighted by molar-refractivity contribution is 9.10. The summed E-state index contributed by atoms with van der Waals surface area (Å²) in [5.74, 6) is 0. The van der Waals surface area contributed by atoms with Crippen molar-refractivity contribution in [1.29, 1.82) is 0 Å². The molecule has 2 aromatic heterocycles. The third-order valence-corrected chi connectivity index (χ3v) is 4.62. The number of rotatable bonds is 3. The molecule has 98 valence electrons. The highest BCUT2D eigenvalue weighted by Gasteiger charge is 2.13. The molecule has 0 aliphatic rings. The molecule has 5 heteroatoms. The quantitative estimate of drug-likeness (QED) is 0.792. The van der Waals surface area contributed by atoms with Crippen LogP contribution >= 0.6 is 27.3 Å². The Kier molecular flexibility index (Phi) is 3.43. The van der Waals surface area contributed by atoms with Crippen LogP contribution in [0.15, 0.2) is 40.4 Å². The molecular formula is C14H14BrN3S. The molecule has 0 radical (unpaired) electrons. The largest absolute Gasteiger partial charge is 0.324 e. The zero-order valence-electron chi connectivity index (χ0n) is 10.5. The average Bonchev–Trinajstić information content (AvgIpc) is 2.92. The molecule has 1 aromatic carbocycles. The fourth-order valence-corrected chi connectivity index (χ4v) is 3.42. The second-order valence-electron chi connectivity index (χ2n) is 4.66. The lowest BCUT2D eigenvalue weighted by molar-refractivity contribution is 0.706. The van der Waals surface area contributed by atoms with Gasteiger partial charge in [-0.05, 0) is 18.6 Å². The highest BCUT2D eigenvalue weighted by atomic mass is 79.9. The van der Waals surface area contributed by atoms with E-state index in [0.717, 1.165) is 27.1 Å². The number of nitrogens with zero attached hydrogens (tertiary/aromatic N) is 2. The van der Waals surface area contributed by atoms with E-state index in [-0.39, 0.29) is 6.04 Å². The molecule has 0 spiro atoms. The van der Waals surface area contributed by atoms with Gasteiger partial charge >= 0.3 is 0 Å². The van der Waals surface area contributed by atoms with Gasteiger partial charge in [0.25, 0.3) is 0 Å². The third kappa shape index (κ3) is 2.59. The van der Waals surface area contributed by atoms with Gasteiger partial charge in [0.15, 0.2) is 4.96 Å². The van der Waals surface area contributed by atoms with Gasteiger partial charge in [-0.15, -0.1) is 11.3 Å². The van der Waals surface area contributed by atoms with Gasteiger partial charge in [-0.3, -0.25) is 4.40 Å². The van der Waals surface area contributed by atoms with E-state index in [2.05, 4.69) is 52.2 Å². The van der Waals surface area contributed by atoms with Crippen molar-refractivity contribution in [3.8, 4) is 0 Å². The van der Waals surface area contributed by atoms with Crippen LogP contribution in [-0.2, 0) is 6.42 Å². The molecule has 0 saturated heterocycles. The first-order chi connectivity index (χ1) is 9.13. The van der Waals surface area contributed by atoms with Gasteiger partial charge in [-0.25, -0.2) is 4.98 Å². The summed E-state index contributed by atoms with van der Waals surface area (Å²) in [6, 6.07) is 6.22. The zero-order chi connectivity index (χ0) is 13.4. The molecular weight excluding hydrogens is 322 g/mol. The van der Waals surface area contributed by atoms with Crippen LogP contribution in [0.1, 0.15) is 22.9 Å². The summed E-state index contributed by atoms with van der Waals surface area (Å²) >= 11 is 5.21. The maximum Gasteiger partial charge on any atom is 0.193 e. The van der Waals surface area contributed by atoms with Crippen molar-refractivity contribution in [3.63, 3.8) is 0 Å². The second-order valence-corrected chi connectivity index (χ2v) is 6.39. The molecule has 3 nitrogen and oxygen atoms in total. The average molecular weight is 336 g/mol. The van der Waals surface area contributed by atoms with Gasteiger partial charge in [0, 0.05) is 34.7 Å². The lowest BCUT2D eigenvalue weighted by Crippen LogP contribution is -2.14. The molecule has 0 aliphatic heterocycles. The number of halogens is 1. The van der Waals surface area contributed by atoms with Crippen molar-refractivity contribution in [2.75, 3.05) is 0 Å². The van der Waals surface area contributed by atoms with Gasteiger partial charge in [-0.1, -0.05) is 33.6 Å². The summed E-state index contributed by atoms with van der Waals surface area (Å²) in [4.78, 5) is 5.60. The van der Waals surface area contributed by atoms with Crippen molar-refractivity contribution in [2.45, 2.75) is 19.4 Å². The van der Waals surface area contributed by atoms with Gasteiger partial charge in [0.1, 0.15) is 0 Å². The first kappa shape index (κ1) is 12.8. The van der Waals surface area contributed by atoms with Crippen LogP contribution in [0.4, 0.5) is 0 Å². The van der Waals surface area contributed by atoms with Gasteiger partial charge in [-0.2, -0.15) is 0 Å². The number of imidazole rings is 1. The van der Waals surface area contributed by atoms with E-state index in [9.17, 15) is 0 Å². The number of hydrogen-bond acceptors (Lipinski definition) is 3. The van der Waals surface area contributed by atoms with Crippen LogP contribution < -0.4 is 5.73 Å². The van der Waals surface area contributed by atoms with Crippen molar-refractivity contribution in [1.82, 2.24) is 9.38 Å². The highest BCUT2D eigenvalue weighted by Crippen LogP contribution is 2.26. The van der Waals surface area contributed by atoms with Crippen LogP contribution in [0.3, 0.4) is 0 Å². The minimum atomic E-state index is -0.0427. The number of hydrogen-bond donors (Lipinski definition) is 1. The summed E-state index contributed by atoms with van der Waals surface area (Å²) in [5, 5.41) is 2.03. The normalized spacial score (nSPS) is 13.0. The molecule has 0 fully saturated rings. The predicted molar refractivity (Wildman–Crippen MR) is 82.6 cm³/mol. The molecule has 0 saturated carbocycles. The Bertz CT molecular complexity index is 688. The first-order valence-electron chi connectivity index (χ1n) is 6.06. The maximum atomic E-state index is 6.31. The fraction of sp³-hybridized carbons (Fsp3) is 0.214. The standard InChI is InChI=1S/C14H14BrN3S/c1-9-2-3-12(15)11(6-9)13(16)7-10-8-18-4-5-19-14(18)17-10/h2-6,8,13H,7,16H2,1H3. The number of benzene rings is 1. The third-order valence-electron chi connectivity index (χ3n) is 3.12. The van der Waals surface area contributed by atoms with Crippen LogP contribution in [0.5, 0.6) is 0 Å². The number of fused-ring (bicyclic) bond motifs is 1. The number of aromatic nitrogens is 2. The lowest BCUT2D eigenvalue weighted by atomic mass is 10.0. The second kappa shape index (κ2) is 5.07. The van der Waals surface area contributed by atoms with Crippen LogP contribution in [0.2, 0.25) is 0 Å². The lowest BCUT2D eigenvalue weighted by Gasteiger charge is -2.13. The maximum absolute atomic E-state index is 6.31. The van der Waals surface area contributed by atoms with Crippen LogP contribution in [0, 0.1) is 6.92 Å². The van der Waals surface area contributed by atoms with E-state index in [1.807, 2.05) is 16.0 Å².